The van der Waals surface area contributed by atoms with Gasteiger partial charge in [-0.15, -0.1) is 0 Å². The molecule has 2 aromatic carbocycles. The first-order valence-corrected chi connectivity index (χ1v) is 9.26. The van der Waals surface area contributed by atoms with Crippen LogP contribution in [0.25, 0.3) is 11.0 Å². The molecule has 0 radical (unpaired) electrons. The molecule has 3 rings (SSSR count). The summed E-state index contributed by atoms with van der Waals surface area (Å²) in [6, 6.07) is 14.6. The van der Waals surface area contributed by atoms with Crippen molar-refractivity contribution in [1.29, 1.82) is 0 Å². The van der Waals surface area contributed by atoms with Crippen molar-refractivity contribution < 1.29 is 14.0 Å². The van der Waals surface area contributed by atoms with E-state index in [1.807, 2.05) is 44.2 Å². The first-order chi connectivity index (χ1) is 12.1. The number of carbonyl (C=O) groups excluding carboxylic acids is 2. The third-order valence-electron chi connectivity index (χ3n) is 3.82. The van der Waals surface area contributed by atoms with Crippen molar-refractivity contribution in [3.05, 3.63) is 65.4 Å². The average Bonchev–Trinajstić information content (AvgIpc) is 2.98. The molecule has 0 atom stereocenters. The molecule has 1 heterocycles. The van der Waals surface area contributed by atoms with E-state index < -0.39 is 0 Å². The van der Waals surface area contributed by atoms with Gasteiger partial charge in [-0.25, -0.2) is 0 Å². The Labute approximate surface area is 150 Å². The van der Waals surface area contributed by atoms with Gasteiger partial charge in [0.1, 0.15) is 5.58 Å². The minimum atomic E-state index is -0.241. The van der Waals surface area contributed by atoms with Gasteiger partial charge in [-0.1, -0.05) is 48.9 Å². The predicted octanol–water partition coefficient (Wildman–Crippen LogP) is 4.66. The van der Waals surface area contributed by atoms with Gasteiger partial charge in [0.2, 0.25) is 11.7 Å². The van der Waals surface area contributed by atoms with E-state index in [4.69, 9.17) is 4.42 Å². The normalized spacial score (nSPS) is 10.8. The molecule has 0 saturated heterocycles. The number of ketones is 1. The minimum absolute atomic E-state index is 0.142. The van der Waals surface area contributed by atoms with Crippen molar-refractivity contribution in [2.45, 2.75) is 13.8 Å². The Bertz CT molecular complexity index is 912. The van der Waals surface area contributed by atoms with E-state index >= 15 is 0 Å². The lowest BCUT2D eigenvalue weighted by Gasteiger charge is -2.06. The summed E-state index contributed by atoms with van der Waals surface area (Å²) in [6.07, 6.45) is 0. The van der Waals surface area contributed by atoms with Crippen LogP contribution >= 0.6 is 11.8 Å². The second-order valence-electron chi connectivity index (χ2n) is 5.68. The van der Waals surface area contributed by atoms with E-state index in [0.717, 1.165) is 16.7 Å². The Morgan fingerprint density at radius 3 is 2.52 bits per heavy atom. The number of thioether (sulfide) groups is 1. The van der Waals surface area contributed by atoms with Crippen LogP contribution in [0.15, 0.2) is 52.9 Å². The van der Waals surface area contributed by atoms with Gasteiger partial charge in [-0.05, 0) is 24.8 Å². The molecule has 0 saturated carbocycles. The number of aryl methyl sites for hydroxylation is 1. The highest BCUT2D eigenvalue weighted by molar-refractivity contribution is 7.99. The molecule has 0 aliphatic heterocycles. The number of fused-ring (bicyclic) bond motifs is 1. The third kappa shape index (κ3) is 3.77. The molecule has 1 aromatic heterocycles. The summed E-state index contributed by atoms with van der Waals surface area (Å²) in [7, 11) is 0. The maximum atomic E-state index is 12.9. The fraction of sp³-hybridized carbons (Fsp3) is 0.200. The number of rotatable bonds is 6. The van der Waals surface area contributed by atoms with Gasteiger partial charge >= 0.3 is 0 Å². The van der Waals surface area contributed by atoms with Crippen molar-refractivity contribution in [2.24, 2.45) is 0 Å². The van der Waals surface area contributed by atoms with Crippen LogP contribution in [0.1, 0.15) is 28.6 Å². The smallest absolute Gasteiger partial charge is 0.234 e. The van der Waals surface area contributed by atoms with Gasteiger partial charge in [-0.3, -0.25) is 9.59 Å². The number of benzene rings is 2. The van der Waals surface area contributed by atoms with Crippen molar-refractivity contribution in [3.8, 4) is 0 Å². The van der Waals surface area contributed by atoms with Gasteiger partial charge in [-0.2, -0.15) is 11.8 Å². The molecule has 1 N–H and O–H groups in total. The van der Waals surface area contributed by atoms with E-state index in [-0.39, 0.29) is 17.5 Å². The number of para-hydroxylation sites is 1. The maximum Gasteiger partial charge on any atom is 0.234 e. The Balaban J connectivity index is 2.01. The van der Waals surface area contributed by atoms with Crippen LogP contribution < -0.4 is 5.32 Å². The zero-order chi connectivity index (χ0) is 17.8. The van der Waals surface area contributed by atoms with Crippen molar-refractivity contribution in [2.75, 3.05) is 16.8 Å². The highest BCUT2D eigenvalue weighted by atomic mass is 32.2. The molecule has 0 unspecified atom stereocenters. The van der Waals surface area contributed by atoms with Gasteiger partial charge in [0.25, 0.3) is 0 Å². The number of amides is 1. The average molecular weight is 353 g/mol. The Morgan fingerprint density at radius 2 is 1.80 bits per heavy atom. The second-order valence-corrected chi connectivity index (χ2v) is 6.96. The summed E-state index contributed by atoms with van der Waals surface area (Å²) in [5, 5.41) is 3.59. The van der Waals surface area contributed by atoms with Crippen molar-refractivity contribution >= 4 is 40.1 Å². The first kappa shape index (κ1) is 17.3. The molecule has 0 spiro atoms. The number of furan rings is 1. The van der Waals surface area contributed by atoms with Crippen molar-refractivity contribution in [3.63, 3.8) is 0 Å². The molecule has 4 nitrogen and oxygen atoms in total. The first-order valence-electron chi connectivity index (χ1n) is 8.10. The lowest BCUT2D eigenvalue weighted by atomic mass is 10.1. The molecule has 0 aliphatic carbocycles. The van der Waals surface area contributed by atoms with Crippen LogP contribution in [0.3, 0.4) is 0 Å². The van der Waals surface area contributed by atoms with Crippen LogP contribution in [0, 0.1) is 6.92 Å². The summed E-state index contributed by atoms with van der Waals surface area (Å²) in [5.74, 6) is 0.981. The molecule has 0 fully saturated rings. The molecule has 25 heavy (non-hydrogen) atoms. The lowest BCUT2D eigenvalue weighted by molar-refractivity contribution is -0.113. The van der Waals surface area contributed by atoms with E-state index in [9.17, 15) is 9.59 Å². The summed E-state index contributed by atoms with van der Waals surface area (Å²) in [5.41, 5.74) is 2.63. The van der Waals surface area contributed by atoms with E-state index in [0.29, 0.717) is 22.6 Å². The van der Waals surface area contributed by atoms with E-state index in [1.165, 1.54) is 11.8 Å². The summed E-state index contributed by atoms with van der Waals surface area (Å²) >= 11 is 1.53. The highest BCUT2D eigenvalue weighted by Gasteiger charge is 2.23. The van der Waals surface area contributed by atoms with E-state index in [1.54, 1.807) is 18.2 Å². The van der Waals surface area contributed by atoms with Crippen LogP contribution in [-0.4, -0.2) is 23.2 Å². The predicted molar refractivity (Wildman–Crippen MR) is 102 cm³/mol. The summed E-state index contributed by atoms with van der Waals surface area (Å²) in [4.78, 5) is 25.1. The second kappa shape index (κ2) is 7.57. The molecular weight excluding hydrogens is 334 g/mol. The Kier molecular flexibility index (Phi) is 5.24. The molecular formula is C20H19NO3S. The summed E-state index contributed by atoms with van der Waals surface area (Å²) < 4.78 is 5.78. The number of carbonyl (C=O) groups is 2. The Morgan fingerprint density at radius 1 is 1.08 bits per heavy atom. The molecule has 3 aromatic rings. The number of hydrogen-bond donors (Lipinski definition) is 1. The largest absolute Gasteiger partial charge is 0.450 e. The lowest BCUT2D eigenvalue weighted by Crippen LogP contribution is -2.16. The van der Waals surface area contributed by atoms with Crippen LogP contribution in [0.2, 0.25) is 0 Å². The van der Waals surface area contributed by atoms with Gasteiger partial charge in [0.15, 0.2) is 5.76 Å². The van der Waals surface area contributed by atoms with Crippen LogP contribution in [0.4, 0.5) is 5.69 Å². The zero-order valence-corrected chi connectivity index (χ0v) is 15.0. The fourth-order valence-electron chi connectivity index (χ4n) is 2.54. The van der Waals surface area contributed by atoms with E-state index in [2.05, 4.69) is 5.32 Å². The zero-order valence-electron chi connectivity index (χ0n) is 14.2. The molecule has 0 aliphatic rings. The number of nitrogens with one attached hydrogen (secondary N) is 1. The molecule has 0 bridgehead atoms. The standard InChI is InChI=1S/C20H19NO3S/c1-3-25-12-17(22)21-18-15-6-4-5-7-16(15)24-20(18)19(23)14-10-8-13(2)9-11-14/h4-11H,3,12H2,1-2H3,(H,21,22). The fourth-order valence-corrected chi connectivity index (χ4v) is 3.00. The molecule has 128 valence electrons. The summed E-state index contributed by atoms with van der Waals surface area (Å²) in [6.45, 7) is 3.96. The SMILES string of the molecule is CCSCC(=O)Nc1c(C(=O)c2ccc(C)cc2)oc2ccccc12. The topological polar surface area (TPSA) is 59.3 Å². The maximum absolute atomic E-state index is 12.9. The minimum Gasteiger partial charge on any atom is -0.450 e. The molecule has 5 heteroatoms. The Hall–Kier alpha value is -2.53. The quantitative estimate of drug-likeness (QED) is 0.655. The number of anilines is 1. The highest BCUT2D eigenvalue weighted by Crippen LogP contribution is 2.32. The van der Waals surface area contributed by atoms with Gasteiger partial charge < -0.3 is 9.73 Å². The number of hydrogen-bond acceptors (Lipinski definition) is 4. The van der Waals surface area contributed by atoms with Crippen LogP contribution in [-0.2, 0) is 4.79 Å². The van der Waals surface area contributed by atoms with Gasteiger partial charge in [0.05, 0.1) is 11.4 Å². The molecule has 1 amide bonds. The monoisotopic (exact) mass is 353 g/mol. The van der Waals surface area contributed by atoms with Crippen molar-refractivity contribution in [1.82, 2.24) is 0 Å². The van der Waals surface area contributed by atoms with Gasteiger partial charge in [0, 0.05) is 10.9 Å². The van der Waals surface area contributed by atoms with Crippen LogP contribution in [0.5, 0.6) is 0 Å². The third-order valence-corrected chi connectivity index (χ3v) is 4.69.